The Labute approximate surface area is 143 Å². The molecule has 0 spiro atoms. The third-order valence-corrected chi connectivity index (χ3v) is 4.73. The number of ether oxygens (including phenoxy) is 2. The van der Waals surface area contributed by atoms with Gasteiger partial charge in [-0.15, -0.1) is 0 Å². The molecule has 0 amide bonds. The van der Waals surface area contributed by atoms with Crippen molar-refractivity contribution in [3.05, 3.63) is 26.6 Å². The Bertz CT molecular complexity index is 442. The van der Waals surface area contributed by atoms with Gasteiger partial charge in [0.2, 0.25) is 0 Å². The highest BCUT2D eigenvalue weighted by Gasteiger charge is 2.14. The maximum absolute atomic E-state index is 5.37. The molecule has 0 aliphatic carbocycles. The molecule has 0 bridgehead atoms. The molecule has 6 heteroatoms. The summed E-state index contributed by atoms with van der Waals surface area (Å²) in [5, 5.41) is 3.57. The SMILES string of the molecule is COc1c(Br)cc(CNC(C)CN2CCOCC2)cc1Br. The molecule has 0 saturated carbocycles. The van der Waals surface area contributed by atoms with Gasteiger partial charge >= 0.3 is 0 Å². The molecule has 2 rings (SSSR count). The van der Waals surface area contributed by atoms with Crippen LogP contribution in [0.5, 0.6) is 5.75 Å². The van der Waals surface area contributed by atoms with Crippen LogP contribution in [0.1, 0.15) is 12.5 Å². The molecule has 1 aliphatic heterocycles. The summed E-state index contributed by atoms with van der Waals surface area (Å²) in [4.78, 5) is 2.45. The number of nitrogens with one attached hydrogen (secondary N) is 1. The minimum atomic E-state index is 0.447. The molecule has 118 valence electrons. The average Bonchev–Trinajstić information content (AvgIpc) is 2.46. The first kappa shape index (κ1) is 17.2. The second kappa shape index (κ2) is 8.48. The first-order chi connectivity index (χ1) is 10.1. The first-order valence-electron chi connectivity index (χ1n) is 7.15. The summed E-state index contributed by atoms with van der Waals surface area (Å²) in [6.07, 6.45) is 0. The molecule has 1 fully saturated rings. The molecule has 1 N–H and O–H groups in total. The minimum absolute atomic E-state index is 0.447. The Hall–Kier alpha value is -0.140. The lowest BCUT2D eigenvalue weighted by atomic mass is 10.2. The zero-order valence-corrected chi connectivity index (χ0v) is 15.7. The largest absolute Gasteiger partial charge is 0.494 e. The highest BCUT2D eigenvalue weighted by atomic mass is 79.9. The molecule has 1 unspecified atom stereocenters. The van der Waals surface area contributed by atoms with Crippen LogP contribution in [0.3, 0.4) is 0 Å². The van der Waals surface area contributed by atoms with E-state index in [-0.39, 0.29) is 0 Å². The topological polar surface area (TPSA) is 33.7 Å². The summed E-state index contributed by atoms with van der Waals surface area (Å²) in [7, 11) is 1.67. The summed E-state index contributed by atoms with van der Waals surface area (Å²) < 4.78 is 12.6. The van der Waals surface area contributed by atoms with Crippen molar-refractivity contribution in [1.29, 1.82) is 0 Å². The maximum Gasteiger partial charge on any atom is 0.147 e. The van der Waals surface area contributed by atoms with Gasteiger partial charge in [-0.3, -0.25) is 4.90 Å². The van der Waals surface area contributed by atoms with Gasteiger partial charge in [-0.05, 0) is 56.5 Å². The Morgan fingerprint density at radius 2 is 1.90 bits per heavy atom. The molecule has 4 nitrogen and oxygen atoms in total. The molecule has 1 heterocycles. The number of hydrogen-bond acceptors (Lipinski definition) is 4. The van der Waals surface area contributed by atoms with E-state index in [4.69, 9.17) is 9.47 Å². The third-order valence-electron chi connectivity index (χ3n) is 3.55. The van der Waals surface area contributed by atoms with E-state index in [0.717, 1.165) is 54.1 Å². The van der Waals surface area contributed by atoms with Crippen LogP contribution in [0.15, 0.2) is 21.1 Å². The molecule has 1 saturated heterocycles. The number of halogens is 2. The van der Waals surface area contributed by atoms with Crippen LogP contribution in [-0.2, 0) is 11.3 Å². The van der Waals surface area contributed by atoms with Crippen molar-refractivity contribution in [2.75, 3.05) is 40.0 Å². The number of hydrogen-bond donors (Lipinski definition) is 1. The van der Waals surface area contributed by atoms with Crippen molar-refractivity contribution >= 4 is 31.9 Å². The standard InChI is InChI=1S/C15H22Br2N2O2/c1-11(10-19-3-5-21-6-4-19)18-9-12-7-13(16)15(20-2)14(17)8-12/h7-8,11,18H,3-6,9-10H2,1-2H3. The predicted molar refractivity (Wildman–Crippen MR) is 92.0 cm³/mol. The van der Waals surface area contributed by atoms with Crippen LogP contribution < -0.4 is 10.1 Å². The van der Waals surface area contributed by atoms with Crippen LogP contribution in [0.2, 0.25) is 0 Å². The van der Waals surface area contributed by atoms with Crippen LogP contribution in [-0.4, -0.2) is 50.9 Å². The van der Waals surface area contributed by atoms with E-state index >= 15 is 0 Å². The van der Waals surface area contributed by atoms with Crippen molar-refractivity contribution < 1.29 is 9.47 Å². The number of rotatable bonds is 6. The third kappa shape index (κ3) is 5.21. The molecule has 0 aromatic heterocycles. The van der Waals surface area contributed by atoms with Gasteiger partial charge in [-0.1, -0.05) is 0 Å². The van der Waals surface area contributed by atoms with Gasteiger partial charge in [-0.25, -0.2) is 0 Å². The fourth-order valence-corrected chi connectivity index (χ4v) is 4.04. The zero-order chi connectivity index (χ0) is 15.2. The van der Waals surface area contributed by atoms with E-state index in [2.05, 4.69) is 61.1 Å². The van der Waals surface area contributed by atoms with E-state index in [9.17, 15) is 0 Å². The van der Waals surface area contributed by atoms with Crippen molar-refractivity contribution in [3.63, 3.8) is 0 Å². The van der Waals surface area contributed by atoms with Crippen molar-refractivity contribution in [2.45, 2.75) is 19.5 Å². The number of methoxy groups -OCH3 is 1. The minimum Gasteiger partial charge on any atom is -0.494 e. The van der Waals surface area contributed by atoms with Gasteiger partial charge < -0.3 is 14.8 Å². The van der Waals surface area contributed by atoms with Crippen LogP contribution in [0, 0.1) is 0 Å². The molecule has 1 aromatic rings. The number of morpholine rings is 1. The van der Waals surface area contributed by atoms with E-state index in [1.807, 2.05) is 0 Å². The molecule has 1 aromatic carbocycles. The average molecular weight is 422 g/mol. The van der Waals surface area contributed by atoms with Gasteiger partial charge in [0.1, 0.15) is 5.75 Å². The normalized spacial score (nSPS) is 17.7. The summed E-state index contributed by atoms with van der Waals surface area (Å²) in [6, 6.07) is 4.64. The smallest absolute Gasteiger partial charge is 0.147 e. The predicted octanol–water partition coefficient (Wildman–Crippen LogP) is 3.03. The summed E-state index contributed by atoms with van der Waals surface area (Å²) in [6.45, 7) is 7.89. The monoisotopic (exact) mass is 420 g/mol. The first-order valence-corrected chi connectivity index (χ1v) is 8.74. The highest BCUT2D eigenvalue weighted by Crippen LogP contribution is 2.34. The lowest BCUT2D eigenvalue weighted by molar-refractivity contribution is 0.0343. The summed E-state index contributed by atoms with van der Waals surface area (Å²) in [5.74, 6) is 0.833. The Balaban J connectivity index is 1.84. The fourth-order valence-electron chi connectivity index (χ4n) is 2.44. The van der Waals surface area contributed by atoms with Crippen molar-refractivity contribution in [3.8, 4) is 5.75 Å². The van der Waals surface area contributed by atoms with Crippen molar-refractivity contribution in [2.24, 2.45) is 0 Å². The lowest BCUT2D eigenvalue weighted by Gasteiger charge is -2.29. The van der Waals surface area contributed by atoms with Crippen LogP contribution >= 0.6 is 31.9 Å². The van der Waals surface area contributed by atoms with E-state index in [0.29, 0.717) is 6.04 Å². The Morgan fingerprint density at radius 1 is 1.29 bits per heavy atom. The quantitative estimate of drug-likeness (QED) is 0.765. The maximum atomic E-state index is 5.37. The van der Waals surface area contributed by atoms with E-state index in [1.54, 1.807) is 7.11 Å². The number of benzene rings is 1. The molecule has 1 aliphatic rings. The van der Waals surface area contributed by atoms with Gasteiger partial charge in [0, 0.05) is 32.2 Å². The lowest BCUT2D eigenvalue weighted by Crippen LogP contribution is -2.44. The highest BCUT2D eigenvalue weighted by molar-refractivity contribution is 9.11. The van der Waals surface area contributed by atoms with Crippen LogP contribution in [0.25, 0.3) is 0 Å². The van der Waals surface area contributed by atoms with E-state index < -0.39 is 0 Å². The summed E-state index contributed by atoms with van der Waals surface area (Å²) >= 11 is 7.08. The zero-order valence-electron chi connectivity index (χ0n) is 12.5. The Kier molecular flexibility index (Phi) is 6.95. The van der Waals surface area contributed by atoms with Gasteiger partial charge in [-0.2, -0.15) is 0 Å². The molecule has 1 atom stereocenters. The molecular weight excluding hydrogens is 400 g/mol. The van der Waals surface area contributed by atoms with Gasteiger partial charge in [0.05, 0.1) is 29.3 Å². The second-order valence-corrected chi connectivity index (χ2v) is 7.00. The van der Waals surface area contributed by atoms with Gasteiger partial charge in [0.25, 0.3) is 0 Å². The molecule has 21 heavy (non-hydrogen) atoms. The molecular formula is C15H22Br2N2O2. The summed E-state index contributed by atoms with van der Waals surface area (Å²) in [5.41, 5.74) is 1.23. The van der Waals surface area contributed by atoms with Crippen LogP contribution in [0.4, 0.5) is 0 Å². The fraction of sp³-hybridized carbons (Fsp3) is 0.600. The van der Waals surface area contributed by atoms with E-state index in [1.165, 1.54) is 5.56 Å². The Morgan fingerprint density at radius 3 is 2.48 bits per heavy atom. The van der Waals surface area contributed by atoms with Crippen molar-refractivity contribution in [1.82, 2.24) is 10.2 Å². The van der Waals surface area contributed by atoms with Gasteiger partial charge in [0.15, 0.2) is 0 Å². The molecule has 0 radical (unpaired) electrons. The second-order valence-electron chi connectivity index (χ2n) is 5.29. The number of nitrogens with zero attached hydrogens (tertiary/aromatic N) is 1.